The van der Waals surface area contributed by atoms with E-state index in [0.717, 1.165) is 34.7 Å². The van der Waals surface area contributed by atoms with Gasteiger partial charge in [-0.15, -0.1) is 0 Å². The highest BCUT2D eigenvalue weighted by Crippen LogP contribution is 2.34. The molecule has 0 spiro atoms. The van der Waals surface area contributed by atoms with E-state index in [0.29, 0.717) is 0 Å². The molecule has 0 aliphatic heterocycles. The van der Waals surface area contributed by atoms with Crippen LogP contribution in [0.1, 0.15) is 52.4 Å². The van der Waals surface area contributed by atoms with Gasteiger partial charge in [-0.1, -0.05) is 31.5 Å². The van der Waals surface area contributed by atoms with Crippen LogP contribution < -0.4 is 5.73 Å². The van der Waals surface area contributed by atoms with Gasteiger partial charge in [-0.3, -0.25) is 0 Å². The fourth-order valence-electron chi connectivity index (χ4n) is 2.53. The van der Waals surface area contributed by atoms with E-state index in [2.05, 4.69) is 32.3 Å². The van der Waals surface area contributed by atoms with Crippen LogP contribution in [0.5, 0.6) is 0 Å². The zero-order valence-corrected chi connectivity index (χ0v) is 12.8. The monoisotopic (exact) mass is 279 g/mol. The van der Waals surface area contributed by atoms with E-state index in [1.54, 1.807) is 0 Å². The van der Waals surface area contributed by atoms with Gasteiger partial charge in [-0.2, -0.15) is 0 Å². The van der Waals surface area contributed by atoms with E-state index in [9.17, 15) is 0 Å². The van der Waals surface area contributed by atoms with E-state index < -0.39 is 5.54 Å². The van der Waals surface area contributed by atoms with Gasteiger partial charge in [0.05, 0.1) is 21.6 Å². The number of hydrogen-bond acceptors (Lipinski definition) is 2. The molecule has 0 saturated heterocycles. The summed E-state index contributed by atoms with van der Waals surface area (Å²) >= 11 is 6.35. The summed E-state index contributed by atoms with van der Waals surface area (Å²) in [6.07, 6.45) is 1.72. The highest BCUT2D eigenvalue weighted by Gasteiger charge is 2.31. The number of nitrogens with two attached hydrogens (primary N) is 1. The number of halogens is 1. The summed E-state index contributed by atoms with van der Waals surface area (Å²) in [5.74, 6) is 0.940. The Morgan fingerprint density at radius 1 is 1.32 bits per heavy atom. The fourth-order valence-corrected chi connectivity index (χ4v) is 2.79. The molecule has 0 atom stereocenters. The molecule has 1 aromatic heterocycles. The van der Waals surface area contributed by atoms with Crippen LogP contribution in [0.4, 0.5) is 0 Å². The lowest BCUT2D eigenvalue weighted by atomic mass is 9.93. The largest absolute Gasteiger partial charge is 0.323 e. The molecule has 0 aliphatic rings. The first-order chi connectivity index (χ1) is 8.94. The third-order valence-corrected chi connectivity index (χ3v) is 4.19. The quantitative estimate of drug-likeness (QED) is 0.909. The van der Waals surface area contributed by atoms with Crippen molar-refractivity contribution in [3.05, 3.63) is 29.0 Å². The smallest absolute Gasteiger partial charge is 0.130 e. The summed E-state index contributed by atoms with van der Waals surface area (Å²) in [4.78, 5) is 4.76. The summed E-state index contributed by atoms with van der Waals surface area (Å²) < 4.78 is 2.19. The second-order valence-corrected chi connectivity index (χ2v) is 5.78. The average molecular weight is 280 g/mol. The molecule has 1 heterocycles. The molecule has 0 radical (unpaired) electrons. The topological polar surface area (TPSA) is 43.8 Å². The first-order valence-corrected chi connectivity index (χ1v) is 7.28. The standard InChI is InChI=1S/C15H22ClN3/c1-5-15(17,6-2)14-18-12-9-7-8-11(16)13(12)19(14)10(3)4/h7-10H,5-6,17H2,1-4H3. The molecule has 0 bridgehead atoms. The molecule has 1 aromatic carbocycles. The molecular weight excluding hydrogens is 258 g/mol. The van der Waals surface area contributed by atoms with Gasteiger partial charge in [0.2, 0.25) is 0 Å². The Labute approximate surface area is 119 Å². The zero-order valence-electron chi connectivity index (χ0n) is 12.1. The molecule has 3 nitrogen and oxygen atoms in total. The number of nitrogens with zero attached hydrogens (tertiary/aromatic N) is 2. The Kier molecular flexibility index (Phi) is 3.88. The minimum atomic E-state index is -0.396. The lowest BCUT2D eigenvalue weighted by Crippen LogP contribution is -2.38. The second kappa shape index (κ2) is 5.14. The van der Waals surface area contributed by atoms with Gasteiger partial charge in [0, 0.05) is 6.04 Å². The van der Waals surface area contributed by atoms with E-state index in [1.807, 2.05) is 18.2 Å². The number of aromatic nitrogens is 2. The number of rotatable bonds is 4. The van der Waals surface area contributed by atoms with Crippen LogP contribution in [0.15, 0.2) is 18.2 Å². The maximum atomic E-state index is 6.54. The molecule has 0 fully saturated rings. The predicted molar refractivity (Wildman–Crippen MR) is 81.6 cm³/mol. The van der Waals surface area contributed by atoms with Crippen molar-refractivity contribution in [3.8, 4) is 0 Å². The van der Waals surface area contributed by atoms with Crippen molar-refractivity contribution in [2.45, 2.75) is 52.1 Å². The van der Waals surface area contributed by atoms with Crippen LogP contribution in [0.2, 0.25) is 5.02 Å². The van der Waals surface area contributed by atoms with Gasteiger partial charge < -0.3 is 10.3 Å². The fraction of sp³-hybridized carbons (Fsp3) is 0.533. The van der Waals surface area contributed by atoms with Crippen LogP contribution in [0, 0.1) is 0 Å². The summed E-state index contributed by atoms with van der Waals surface area (Å²) in [6.45, 7) is 8.49. The minimum absolute atomic E-state index is 0.279. The van der Waals surface area contributed by atoms with Crippen LogP contribution in [-0.2, 0) is 5.54 Å². The molecule has 104 valence electrons. The summed E-state index contributed by atoms with van der Waals surface area (Å²) in [7, 11) is 0. The number of benzene rings is 1. The number of fused-ring (bicyclic) bond motifs is 1. The molecule has 19 heavy (non-hydrogen) atoms. The first kappa shape index (κ1) is 14.4. The van der Waals surface area contributed by atoms with Crippen molar-refractivity contribution in [3.63, 3.8) is 0 Å². The molecule has 0 aliphatic carbocycles. The van der Waals surface area contributed by atoms with Gasteiger partial charge in [-0.05, 0) is 38.8 Å². The summed E-state index contributed by atoms with van der Waals surface area (Å²) in [5, 5.41) is 0.736. The van der Waals surface area contributed by atoms with Gasteiger partial charge in [0.15, 0.2) is 0 Å². The lowest BCUT2D eigenvalue weighted by molar-refractivity contribution is 0.362. The van der Waals surface area contributed by atoms with E-state index in [1.165, 1.54) is 0 Å². The van der Waals surface area contributed by atoms with E-state index in [4.69, 9.17) is 22.3 Å². The Hall–Kier alpha value is -1.06. The van der Waals surface area contributed by atoms with Gasteiger partial charge in [-0.25, -0.2) is 4.98 Å². The third kappa shape index (κ3) is 2.26. The summed E-state index contributed by atoms with van der Waals surface area (Å²) in [5.41, 5.74) is 8.06. The SMILES string of the molecule is CCC(N)(CC)c1nc2cccc(Cl)c2n1C(C)C. The molecule has 4 heteroatoms. The van der Waals surface area contributed by atoms with Crippen LogP contribution >= 0.6 is 11.6 Å². The molecule has 2 aromatic rings. The second-order valence-electron chi connectivity index (χ2n) is 5.37. The van der Waals surface area contributed by atoms with E-state index >= 15 is 0 Å². The first-order valence-electron chi connectivity index (χ1n) is 6.90. The molecule has 0 saturated carbocycles. The van der Waals surface area contributed by atoms with Crippen LogP contribution in [-0.4, -0.2) is 9.55 Å². The van der Waals surface area contributed by atoms with Gasteiger partial charge in [0.25, 0.3) is 0 Å². The molecule has 2 rings (SSSR count). The highest BCUT2D eigenvalue weighted by molar-refractivity contribution is 6.35. The van der Waals surface area contributed by atoms with Crippen molar-refractivity contribution in [1.82, 2.24) is 9.55 Å². The summed E-state index contributed by atoms with van der Waals surface area (Å²) in [6, 6.07) is 6.11. The zero-order chi connectivity index (χ0) is 14.2. The Morgan fingerprint density at radius 3 is 2.47 bits per heavy atom. The lowest BCUT2D eigenvalue weighted by Gasteiger charge is -2.28. The normalized spacial score (nSPS) is 12.6. The Balaban J connectivity index is 2.81. The number of hydrogen-bond donors (Lipinski definition) is 1. The van der Waals surface area contributed by atoms with Gasteiger partial charge >= 0.3 is 0 Å². The number of para-hydroxylation sites is 1. The van der Waals surface area contributed by atoms with Crippen LogP contribution in [0.25, 0.3) is 11.0 Å². The predicted octanol–water partition coefficient (Wildman–Crippen LogP) is 4.24. The van der Waals surface area contributed by atoms with Crippen molar-refractivity contribution in [1.29, 1.82) is 0 Å². The molecule has 2 N–H and O–H groups in total. The molecule has 0 unspecified atom stereocenters. The maximum absolute atomic E-state index is 6.54. The highest BCUT2D eigenvalue weighted by atomic mass is 35.5. The Bertz CT molecular complexity index is 582. The molecular formula is C15H22ClN3. The minimum Gasteiger partial charge on any atom is -0.323 e. The number of imidazole rings is 1. The maximum Gasteiger partial charge on any atom is 0.130 e. The van der Waals surface area contributed by atoms with Crippen molar-refractivity contribution in [2.75, 3.05) is 0 Å². The van der Waals surface area contributed by atoms with Crippen LogP contribution in [0.3, 0.4) is 0 Å². The average Bonchev–Trinajstić information content (AvgIpc) is 2.79. The molecule has 0 amide bonds. The van der Waals surface area contributed by atoms with E-state index in [-0.39, 0.29) is 6.04 Å². The third-order valence-electron chi connectivity index (χ3n) is 3.88. The van der Waals surface area contributed by atoms with Crippen molar-refractivity contribution in [2.24, 2.45) is 5.73 Å². The van der Waals surface area contributed by atoms with Gasteiger partial charge in [0.1, 0.15) is 5.82 Å². The Morgan fingerprint density at radius 2 is 1.95 bits per heavy atom. The van der Waals surface area contributed by atoms with Crippen molar-refractivity contribution < 1.29 is 0 Å². The van der Waals surface area contributed by atoms with Crippen molar-refractivity contribution >= 4 is 22.6 Å².